The van der Waals surface area contributed by atoms with Crippen LogP contribution >= 0.6 is 0 Å². The van der Waals surface area contributed by atoms with Crippen molar-refractivity contribution in [2.75, 3.05) is 0 Å². The molecule has 0 aliphatic heterocycles. The van der Waals surface area contributed by atoms with Crippen LogP contribution in [-0.2, 0) is 9.59 Å². The highest BCUT2D eigenvalue weighted by Gasteiger charge is 2.36. The summed E-state index contributed by atoms with van der Waals surface area (Å²) in [6, 6.07) is -0.444. The van der Waals surface area contributed by atoms with E-state index in [9.17, 15) is 9.59 Å². The van der Waals surface area contributed by atoms with E-state index in [1.54, 1.807) is 0 Å². The van der Waals surface area contributed by atoms with Crippen LogP contribution < -0.4 is 11.1 Å². The highest BCUT2D eigenvalue weighted by molar-refractivity contribution is 6.43. The van der Waals surface area contributed by atoms with Gasteiger partial charge in [-0.25, -0.2) is 0 Å². The van der Waals surface area contributed by atoms with Crippen molar-refractivity contribution in [1.82, 2.24) is 5.32 Å². The first kappa shape index (κ1) is 17.4. The minimum absolute atomic E-state index is 0.00787. The predicted molar refractivity (Wildman–Crippen MR) is 85.0 cm³/mol. The highest BCUT2D eigenvalue weighted by atomic mass is 16.2. The Morgan fingerprint density at radius 1 is 1.43 bits per heavy atom. The van der Waals surface area contributed by atoms with E-state index in [4.69, 9.17) is 5.73 Å². The minimum atomic E-state index is -0.437. The molecule has 0 aromatic carbocycles. The summed E-state index contributed by atoms with van der Waals surface area (Å²) < 4.78 is 0. The van der Waals surface area contributed by atoms with Crippen molar-refractivity contribution in [2.45, 2.75) is 58.5 Å². The second kappa shape index (κ2) is 8.60. The summed E-state index contributed by atoms with van der Waals surface area (Å²) in [4.78, 5) is 27.9. The van der Waals surface area contributed by atoms with Crippen LogP contribution in [0.4, 0.5) is 0 Å². The lowest BCUT2D eigenvalue weighted by molar-refractivity contribution is -0.120. The van der Waals surface area contributed by atoms with Crippen LogP contribution in [0.15, 0.2) is 17.3 Å². The molecule has 0 aromatic heterocycles. The van der Waals surface area contributed by atoms with Crippen molar-refractivity contribution < 1.29 is 9.59 Å². The first-order chi connectivity index (χ1) is 10.0. The molecule has 0 aromatic rings. The predicted octanol–water partition coefficient (Wildman–Crippen LogP) is 1.82. The molecule has 1 aliphatic carbocycles. The number of nitrogens with zero attached hydrogens (tertiary/aromatic N) is 1. The van der Waals surface area contributed by atoms with Gasteiger partial charge in [0, 0.05) is 6.04 Å². The molecule has 2 unspecified atom stereocenters. The van der Waals surface area contributed by atoms with Gasteiger partial charge in [-0.15, -0.1) is 0 Å². The van der Waals surface area contributed by atoms with E-state index in [1.807, 2.05) is 13.8 Å². The lowest BCUT2D eigenvalue weighted by Crippen LogP contribution is -2.45. The van der Waals surface area contributed by atoms with Gasteiger partial charge in [-0.05, 0) is 57.2 Å². The summed E-state index contributed by atoms with van der Waals surface area (Å²) >= 11 is 0. The van der Waals surface area contributed by atoms with Crippen LogP contribution in [0.5, 0.6) is 0 Å². The van der Waals surface area contributed by atoms with E-state index < -0.39 is 6.04 Å². The lowest BCUT2D eigenvalue weighted by Gasteiger charge is -2.23. The molecular weight excluding hydrogens is 266 g/mol. The molecule has 2 atom stereocenters. The number of hydrogen-bond donors (Lipinski definition) is 2. The van der Waals surface area contributed by atoms with Crippen molar-refractivity contribution in [3.63, 3.8) is 0 Å². The molecule has 118 valence electrons. The van der Waals surface area contributed by atoms with Gasteiger partial charge in [-0.3, -0.25) is 9.79 Å². The van der Waals surface area contributed by atoms with E-state index in [-0.39, 0.29) is 23.6 Å². The molecule has 5 heteroatoms. The van der Waals surface area contributed by atoms with Crippen LogP contribution in [-0.4, -0.2) is 30.0 Å². The Morgan fingerprint density at radius 3 is 2.52 bits per heavy atom. The number of aliphatic imine (C=N–C) groups is 1. The van der Waals surface area contributed by atoms with Crippen LogP contribution in [0.2, 0.25) is 0 Å². The van der Waals surface area contributed by atoms with Gasteiger partial charge in [0.1, 0.15) is 12.0 Å². The summed E-state index contributed by atoms with van der Waals surface area (Å²) in [5, 5.41) is 2.82. The molecule has 3 N–H and O–H groups in total. The Labute approximate surface area is 127 Å². The summed E-state index contributed by atoms with van der Waals surface area (Å²) in [5.41, 5.74) is 5.63. The Balaban J connectivity index is 2.78. The minimum Gasteiger partial charge on any atom is -0.405 e. The van der Waals surface area contributed by atoms with Gasteiger partial charge < -0.3 is 15.8 Å². The van der Waals surface area contributed by atoms with E-state index in [0.717, 1.165) is 32.0 Å². The van der Waals surface area contributed by atoms with Crippen LogP contribution in [0.3, 0.4) is 0 Å². The molecule has 1 aliphatic rings. The fraction of sp³-hybridized carbons (Fsp3) is 0.688. The number of carbonyl (C=O) groups is 2. The van der Waals surface area contributed by atoms with Crippen molar-refractivity contribution >= 4 is 17.9 Å². The SMILES string of the molecule is CCCC(C1CC1)C(C=O)NC(=O)C(/C=C\N)=NC(C)C. The van der Waals surface area contributed by atoms with Crippen molar-refractivity contribution in [3.8, 4) is 0 Å². The quantitative estimate of drug-likeness (QED) is 0.502. The summed E-state index contributed by atoms with van der Waals surface area (Å²) in [5.74, 6) is 0.471. The van der Waals surface area contributed by atoms with Gasteiger partial charge >= 0.3 is 0 Å². The van der Waals surface area contributed by atoms with Gasteiger partial charge in [0.05, 0.1) is 6.04 Å². The Bertz CT molecular complexity index is 412. The lowest BCUT2D eigenvalue weighted by atomic mass is 9.90. The Morgan fingerprint density at radius 2 is 2.10 bits per heavy atom. The molecule has 0 bridgehead atoms. The zero-order chi connectivity index (χ0) is 15.8. The second-order valence-corrected chi connectivity index (χ2v) is 5.89. The Kier molecular flexibility index (Phi) is 7.12. The van der Waals surface area contributed by atoms with Crippen LogP contribution in [0.1, 0.15) is 46.5 Å². The zero-order valence-electron chi connectivity index (χ0n) is 13.2. The number of hydrogen-bond acceptors (Lipinski definition) is 4. The molecule has 5 nitrogen and oxygen atoms in total. The molecule has 0 radical (unpaired) electrons. The molecule has 0 heterocycles. The second-order valence-electron chi connectivity index (χ2n) is 5.89. The van der Waals surface area contributed by atoms with E-state index >= 15 is 0 Å². The third-order valence-electron chi connectivity index (χ3n) is 3.64. The molecule has 1 rings (SSSR count). The van der Waals surface area contributed by atoms with Gasteiger partial charge in [0.25, 0.3) is 5.91 Å². The standard InChI is InChI=1S/C16H27N3O2/c1-4-5-13(12-6-7-12)15(10-20)19-16(21)14(8-9-17)18-11(2)3/h8-13,15H,4-7,17H2,1-3H3,(H,19,21)/b9-8-,18-14?. The third kappa shape index (κ3) is 5.69. The van der Waals surface area contributed by atoms with Crippen LogP contribution in [0.25, 0.3) is 0 Å². The van der Waals surface area contributed by atoms with Gasteiger partial charge in [0.2, 0.25) is 0 Å². The number of aldehydes is 1. The molecule has 0 saturated heterocycles. The average molecular weight is 293 g/mol. The normalized spacial score (nSPS) is 18.8. The first-order valence-electron chi connectivity index (χ1n) is 7.75. The Hall–Kier alpha value is -1.65. The molecule has 1 fully saturated rings. The average Bonchev–Trinajstić information content (AvgIpc) is 3.26. The third-order valence-corrected chi connectivity index (χ3v) is 3.64. The number of nitrogens with one attached hydrogen (secondary N) is 1. The van der Waals surface area contributed by atoms with Crippen LogP contribution in [0, 0.1) is 11.8 Å². The largest absolute Gasteiger partial charge is 0.405 e. The fourth-order valence-corrected chi connectivity index (χ4v) is 2.58. The first-order valence-corrected chi connectivity index (χ1v) is 7.75. The maximum Gasteiger partial charge on any atom is 0.270 e. The van der Waals surface area contributed by atoms with E-state index in [1.165, 1.54) is 12.3 Å². The zero-order valence-corrected chi connectivity index (χ0v) is 13.2. The smallest absolute Gasteiger partial charge is 0.270 e. The molecule has 21 heavy (non-hydrogen) atoms. The van der Waals surface area contributed by atoms with Crippen molar-refractivity contribution in [2.24, 2.45) is 22.6 Å². The molecule has 1 amide bonds. The molecule has 0 spiro atoms. The maximum absolute atomic E-state index is 12.3. The monoisotopic (exact) mass is 293 g/mol. The molecule has 1 saturated carbocycles. The number of nitrogens with two attached hydrogens (primary N) is 1. The molecular formula is C16H27N3O2. The summed E-state index contributed by atoms with van der Waals surface area (Å²) in [6.07, 6.45) is 7.90. The topological polar surface area (TPSA) is 84.5 Å². The van der Waals surface area contributed by atoms with Crippen molar-refractivity contribution in [1.29, 1.82) is 0 Å². The number of amides is 1. The van der Waals surface area contributed by atoms with E-state index in [0.29, 0.717) is 5.92 Å². The van der Waals surface area contributed by atoms with Gasteiger partial charge in [-0.1, -0.05) is 13.3 Å². The number of carbonyl (C=O) groups excluding carboxylic acids is 2. The maximum atomic E-state index is 12.3. The van der Waals surface area contributed by atoms with E-state index in [2.05, 4.69) is 17.2 Å². The fourth-order valence-electron chi connectivity index (χ4n) is 2.58. The highest BCUT2D eigenvalue weighted by Crippen LogP contribution is 2.40. The van der Waals surface area contributed by atoms with Gasteiger partial charge in [0.15, 0.2) is 0 Å². The summed E-state index contributed by atoms with van der Waals surface area (Å²) in [6.45, 7) is 5.87. The van der Waals surface area contributed by atoms with Crippen molar-refractivity contribution in [3.05, 3.63) is 12.3 Å². The number of rotatable bonds is 9. The summed E-state index contributed by atoms with van der Waals surface area (Å²) in [7, 11) is 0. The van der Waals surface area contributed by atoms with Gasteiger partial charge in [-0.2, -0.15) is 0 Å².